The van der Waals surface area contributed by atoms with Crippen LogP contribution in [0.25, 0.3) is 16.8 Å². The fraction of sp³-hybridized carbons (Fsp3) is 0.105. The Labute approximate surface area is 159 Å². The zero-order valence-electron chi connectivity index (χ0n) is 14.9. The van der Waals surface area contributed by atoms with E-state index in [0.29, 0.717) is 29.2 Å². The number of hydrogen-bond donors (Lipinski definition) is 2. The number of aromatic nitrogens is 4. The molecule has 1 amide bonds. The highest BCUT2D eigenvalue weighted by Gasteiger charge is 2.18. The second kappa shape index (κ2) is 6.95. The second-order valence-electron chi connectivity index (χ2n) is 5.92. The highest BCUT2D eigenvalue weighted by molar-refractivity contribution is 6.06. The monoisotopic (exact) mass is 376 g/mol. The van der Waals surface area contributed by atoms with Crippen molar-refractivity contribution >= 4 is 40.2 Å². The van der Waals surface area contributed by atoms with E-state index in [4.69, 9.17) is 10.5 Å². The van der Waals surface area contributed by atoms with Crippen LogP contribution >= 0.6 is 0 Å². The molecule has 0 saturated heterocycles. The van der Waals surface area contributed by atoms with Crippen LogP contribution in [-0.2, 0) is 4.74 Å². The molecule has 0 radical (unpaired) electrons. The van der Waals surface area contributed by atoms with Gasteiger partial charge in [0.1, 0.15) is 5.82 Å². The minimum absolute atomic E-state index is 0.0230. The van der Waals surface area contributed by atoms with Crippen LogP contribution < -0.4 is 11.1 Å². The molecule has 2 heterocycles. The summed E-state index contributed by atoms with van der Waals surface area (Å²) in [6.07, 6.45) is 0. The van der Waals surface area contributed by atoms with E-state index in [1.165, 1.54) is 0 Å². The molecule has 9 heteroatoms. The number of carbonyl (C=O) groups is 2. The van der Waals surface area contributed by atoms with Crippen LogP contribution in [0.1, 0.15) is 27.8 Å². The maximum atomic E-state index is 12.6. The molecule has 3 N–H and O–H groups in total. The molecule has 0 fully saturated rings. The average Bonchev–Trinajstić information content (AvgIpc) is 3.08. The number of carbonyl (C=O) groups excluding carboxylic acids is 2. The Morgan fingerprint density at radius 1 is 1.11 bits per heavy atom. The Hall–Kier alpha value is -4.01. The Morgan fingerprint density at radius 2 is 1.86 bits per heavy atom. The molecule has 2 aromatic carbocycles. The van der Waals surface area contributed by atoms with Gasteiger partial charge < -0.3 is 15.8 Å². The van der Waals surface area contributed by atoms with Gasteiger partial charge in [0.05, 0.1) is 23.2 Å². The Morgan fingerprint density at radius 3 is 2.61 bits per heavy atom. The molecule has 9 nitrogen and oxygen atoms in total. The summed E-state index contributed by atoms with van der Waals surface area (Å²) >= 11 is 0. The van der Waals surface area contributed by atoms with Gasteiger partial charge in [0.15, 0.2) is 5.69 Å². The number of hydrogen-bond acceptors (Lipinski definition) is 7. The maximum absolute atomic E-state index is 12.6. The fourth-order valence-corrected chi connectivity index (χ4v) is 2.83. The number of fused-ring (bicyclic) bond motifs is 3. The number of nitrogens with one attached hydrogen (secondary N) is 1. The number of amides is 1. The molecule has 0 aliphatic rings. The first-order valence-electron chi connectivity index (χ1n) is 8.56. The summed E-state index contributed by atoms with van der Waals surface area (Å²) in [4.78, 5) is 28.7. The lowest BCUT2D eigenvalue weighted by molar-refractivity contribution is 0.0526. The van der Waals surface area contributed by atoms with Gasteiger partial charge in [-0.25, -0.2) is 9.78 Å². The molecule has 140 valence electrons. The number of nitrogens with two attached hydrogens (primary N) is 1. The predicted octanol–water partition coefficient (Wildman–Crippen LogP) is 2.29. The number of nitrogens with zero attached hydrogens (tertiary/aromatic N) is 4. The van der Waals surface area contributed by atoms with Gasteiger partial charge in [-0.05, 0) is 43.3 Å². The smallest absolute Gasteiger partial charge is 0.338 e. The van der Waals surface area contributed by atoms with Crippen LogP contribution in [0, 0.1) is 0 Å². The molecule has 4 rings (SSSR count). The molecule has 28 heavy (non-hydrogen) atoms. The third-order valence-corrected chi connectivity index (χ3v) is 4.14. The van der Waals surface area contributed by atoms with Gasteiger partial charge in [0, 0.05) is 5.69 Å². The standard InChI is InChI=1S/C19H16N6O3/c1-2-28-18(27)11-7-9-12(10-8-11)21-17(26)15-16(20)25-14-6-4-3-5-13(14)22-19(25)24-23-15/h3-10H,2,20H2,1H3,(H,21,26). The van der Waals surface area contributed by atoms with Gasteiger partial charge in [0.25, 0.3) is 11.7 Å². The Bertz CT molecular complexity index is 1200. The number of ether oxygens (including phenoxy) is 1. The van der Waals surface area contributed by atoms with E-state index in [-0.39, 0.29) is 11.5 Å². The first-order valence-corrected chi connectivity index (χ1v) is 8.56. The number of benzene rings is 2. The topological polar surface area (TPSA) is 124 Å². The normalized spacial score (nSPS) is 10.9. The van der Waals surface area contributed by atoms with Crippen LogP contribution in [0.5, 0.6) is 0 Å². The van der Waals surface area contributed by atoms with E-state index in [1.54, 1.807) is 35.6 Å². The summed E-state index contributed by atoms with van der Waals surface area (Å²) in [7, 11) is 0. The first-order chi connectivity index (χ1) is 13.6. The SMILES string of the molecule is CCOC(=O)c1ccc(NC(=O)c2nnc3nc4ccccc4n3c2N)cc1. The minimum atomic E-state index is -0.520. The summed E-state index contributed by atoms with van der Waals surface area (Å²) in [5.41, 5.74) is 8.47. The van der Waals surface area contributed by atoms with Gasteiger partial charge in [-0.15, -0.1) is 10.2 Å². The predicted molar refractivity (Wildman–Crippen MR) is 103 cm³/mol. The van der Waals surface area contributed by atoms with Crippen molar-refractivity contribution in [2.24, 2.45) is 0 Å². The Balaban J connectivity index is 1.63. The highest BCUT2D eigenvalue weighted by atomic mass is 16.5. The molecular formula is C19H16N6O3. The first kappa shape index (κ1) is 17.4. The van der Waals surface area contributed by atoms with E-state index in [2.05, 4.69) is 20.5 Å². The largest absolute Gasteiger partial charge is 0.462 e. The summed E-state index contributed by atoms with van der Waals surface area (Å²) in [5.74, 6) is -0.491. The van der Waals surface area contributed by atoms with E-state index >= 15 is 0 Å². The molecule has 4 aromatic rings. The number of para-hydroxylation sites is 2. The highest BCUT2D eigenvalue weighted by Crippen LogP contribution is 2.20. The molecular weight excluding hydrogens is 360 g/mol. The number of rotatable bonds is 4. The quantitative estimate of drug-likeness (QED) is 0.524. The van der Waals surface area contributed by atoms with Crippen LogP contribution in [0.4, 0.5) is 11.5 Å². The van der Waals surface area contributed by atoms with Crippen molar-refractivity contribution in [2.45, 2.75) is 6.92 Å². The Kier molecular flexibility index (Phi) is 4.32. The lowest BCUT2D eigenvalue weighted by Crippen LogP contribution is -2.19. The van der Waals surface area contributed by atoms with Gasteiger partial charge in [-0.3, -0.25) is 9.20 Å². The number of imidazole rings is 1. The van der Waals surface area contributed by atoms with Gasteiger partial charge in [-0.2, -0.15) is 0 Å². The minimum Gasteiger partial charge on any atom is -0.462 e. The van der Waals surface area contributed by atoms with Crippen LogP contribution in [0.15, 0.2) is 48.5 Å². The summed E-state index contributed by atoms with van der Waals surface area (Å²) < 4.78 is 6.52. The molecule has 0 unspecified atom stereocenters. The second-order valence-corrected chi connectivity index (χ2v) is 5.92. The number of esters is 1. The van der Waals surface area contributed by atoms with Crippen LogP contribution in [-0.4, -0.2) is 38.1 Å². The maximum Gasteiger partial charge on any atom is 0.338 e. The average molecular weight is 376 g/mol. The van der Waals surface area contributed by atoms with Crippen molar-refractivity contribution in [1.29, 1.82) is 0 Å². The van der Waals surface area contributed by atoms with E-state index < -0.39 is 11.9 Å². The van der Waals surface area contributed by atoms with Crippen LogP contribution in [0.3, 0.4) is 0 Å². The number of nitrogen functional groups attached to an aromatic ring is 1. The molecule has 0 saturated carbocycles. The zero-order chi connectivity index (χ0) is 19.7. The summed E-state index contributed by atoms with van der Waals surface area (Å²) in [6.45, 7) is 2.03. The van der Waals surface area contributed by atoms with Crippen molar-refractivity contribution < 1.29 is 14.3 Å². The lowest BCUT2D eigenvalue weighted by atomic mass is 10.2. The van der Waals surface area contributed by atoms with Crippen molar-refractivity contribution in [2.75, 3.05) is 17.7 Å². The molecule has 0 atom stereocenters. The molecule has 0 spiro atoms. The third-order valence-electron chi connectivity index (χ3n) is 4.14. The van der Waals surface area contributed by atoms with Crippen LogP contribution in [0.2, 0.25) is 0 Å². The van der Waals surface area contributed by atoms with Gasteiger partial charge >= 0.3 is 5.97 Å². The van der Waals surface area contributed by atoms with Crippen molar-refractivity contribution in [1.82, 2.24) is 19.6 Å². The van der Waals surface area contributed by atoms with Crippen molar-refractivity contribution in [3.8, 4) is 0 Å². The fourth-order valence-electron chi connectivity index (χ4n) is 2.83. The van der Waals surface area contributed by atoms with Gasteiger partial charge in [-0.1, -0.05) is 12.1 Å². The molecule has 0 bridgehead atoms. The number of anilines is 2. The summed E-state index contributed by atoms with van der Waals surface area (Å²) in [6, 6.07) is 13.7. The zero-order valence-corrected chi connectivity index (χ0v) is 14.9. The molecule has 0 aliphatic heterocycles. The molecule has 2 aromatic heterocycles. The third kappa shape index (κ3) is 2.98. The lowest BCUT2D eigenvalue weighted by Gasteiger charge is -2.08. The van der Waals surface area contributed by atoms with Gasteiger partial charge in [0.2, 0.25) is 0 Å². The van der Waals surface area contributed by atoms with Crippen molar-refractivity contribution in [3.63, 3.8) is 0 Å². The molecule has 0 aliphatic carbocycles. The van der Waals surface area contributed by atoms with E-state index in [0.717, 1.165) is 5.52 Å². The summed E-state index contributed by atoms with van der Waals surface area (Å²) in [5, 5.41) is 10.6. The van der Waals surface area contributed by atoms with E-state index in [1.807, 2.05) is 24.3 Å². The van der Waals surface area contributed by atoms with E-state index in [9.17, 15) is 9.59 Å². The van der Waals surface area contributed by atoms with Crippen molar-refractivity contribution in [3.05, 3.63) is 59.8 Å².